The first-order valence-electron chi connectivity index (χ1n) is 7.05. The topological polar surface area (TPSA) is 75.9 Å². The number of nitrogens with zero attached hydrogens (tertiary/aromatic N) is 2. The minimum atomic E-state index is -3.27. The van der Waals surface area contributed by atoms with Crippen LogP contribution in [0.25, 0.3) is 0 Å². The highest BCUT2D eigenvalue weighted by molar-refractivity contribution is 7.89. The van der Waals surface area contributed by atoms with E-state index in [1.165, 1.54) is 0 Å². The lowest BCUT2D eigenvalue weighted by molar-refractivity contribution is 0.159. The summed E-state index contributed by atoms with van der Waals surface area (Å²) in [7, 11) is -1.26. The van der Waals surface area contributed by atoms with Gasteiger partial charge in [0, 0.05) is 37.4 Å². The smallest absolute Gasteiger partial charge is 0.217 e. The normalized spacial score (nSPS) is 21.3. The van der Waals surface area contributed by atoms with Crippen molar-refractivity contribution in [3.05, 3.63) is 24.3 Å². The van der Waals surface area contributed by atoms with Crippen molar-refractivity contribution in [2.75, 3.05) is 44.8 Å². The molecule has 7 heteroatoms. The van der Waals surface area contributed by atoms with Crippen LogP contribution in [0.4, 0.5) is 5.69 Å². The second kappa shape index (κ2) is 6.64. The highest BCUT2D eigenvalue weighted by Crippen LogP contribution is 2.15. The molecule has 0 saturated carbocycles. The number of anilines is 1. The van der Waals surface area contributed by atoms with Gasteiger partial charge in [0.1, 0.15) is 12.4 Å². The molecule has 1 heterocycles. The summed E-state index contributed by atoms with van der Waals surface area (Å²) in [6, 6.07) is 7.23. The quantitative estimate of drug-likeness (QED) is 0.806. The van der Waals surface area contributed by atoms with Crippen LogP contribution in [0.1, 0.15) is 6.92 Å². The van der Waals surface area contributed by atoms with Crippen LogP contribution in [0.15, 0.2) is 24.3 Å². The van der Waals surface area contributed by atoms with Crippen molar-refractivity contribution in [1.29, 1.82) is 0 Å². The molecular formula is C14H23N3O3S. The number of sulfonamides is 1. The van der Waals surface area contributed by atoms with Crippen LogP contribution >= 0.6 is 0 Å². The number of nitrogens with two attached hydrogens (primary N) is 1. The third kappa shape index (κ3) is 4.33. The van der Waals surface area contributed by atoms with Gasteiger partial charge in [-0.25, -0.2) is 8.42 Å². The largest absolute Gasteiger partial charge is 0.492 e. The summed E-state index contributed by atoms with van der Waals surface area (Å²) in [6.07, 6.45) is 0. The molecule has 0 spiro atoms. The molecule has 21 heavy (non-hydrogen) atoms. The fourth-order valence-corrected chi connectivity index (χ4v) is 3.62. The van der Waals surface area contributed by atoms with Crippen molar-refractivity contribution in [3.63, 3.8) is 0 Å². The van der Waals surface area contributed by atoms with Crippen LogP contribution in [-0.4, -0.2) is 62.7 Å². The summed E-state index contributed by atoms with van der Waals surface area (Å²) in [5.41, 5.74) is 6.25. The van der Waals surface area contributed by atoms with E-state index < -0.39 is 10.0 Å². The van der Waals surface area contributed by atoms with Gasteiger partial charge < -0.3 is 15.4 Å². The van der Waals surface area contributed by atoms with Crippen molar-refractivity contribution in [2.45, 2.75) is 13.0 Å². The molecule has 1 unspecified atom stereocenters. The molecule has 0 amide bonds. The summed E-state index contributed by atoms with van der Waals surface area (Å²) < 4.78 is 31.6. The Morgan fingerprint density at radius 3 is 2.81 bits per heavy atom. The summed E-state index contributed by atoms with van der Waals surface area (Å²) in [6.45, 7) is 4.01. The minimum absolute atomic E-state index is 0.0156. The van der Waals surface area contributed by atoms with Crippen LogP contribution < -0.4 is 10.5 Å². The number of piperazine rings is 1. The monoisotopic (exact) mass is 313 g/mol. The molecule has 1 saturated heterocycles. The molecule has 118 valence electrons. The lowest BCUT2D eigenvalue weighted by Gasteiger charge is -2.36. The van der Waals surface area contributed by atoms with Gasteiger partial charge in [0.15, 0.2) is 0 Å². The van der Waals surface area contributed by atoms with Gasteiger partial charge in [0.2, 0.25) is 10.0 Å². The van der Waals surface area contributed by atoms with Crippen molar-refractivity contribution < 1.29 is 13.2 Å². The second-order valence-corrected chi connectivity index (χ2v) is 7.51. The Morgan fingerprint density at radius 2 is 2.14 bits per heavy atom. The highest BCUT2D eigenvalue weighted by atomic mass is 32.2. The van der Waals surface area contributed by atoms with Crippen LogP contribution in [-0.2, 0) is 10.0 Å². The summed E-state index contributed by atoms with van der Waals surface area (Å²) in [5, 5.41) is 0. The number of nitrogen functional groups attached to an aromatic ring is 1. The molecule has 6 nitrogen and oxygen atoms in total. The summed E-state index contributed by atoms with van der Waals surface area (Å²) in [4.78, 5) is 2.16. The Bertz CT molecular complexity index is 577. The number of hydrogen-bond donors (Lipinski definition) is 1. The third-order valence-electron chi connectivity index (χ3n) is 3.78. The average molecular weight is 313 g/mol. The van der Waals surface area contributed by atoms with Crippen molar-refractivity contribution in [1.82, 2.24) is 9.21 Å². The number of hydrogen-bond acceptors (Lipinski definition) is 5. The Kier molecular flexibility index (Phi) is 5.08. The minimum Gasteiger partial charge on any atom is -0.492 e. The molecule has 0 bridgehead atoms. The molecule has 0 radical (unpaired) electrons. The number of rotatable bonds is 5. The molecule has 0 aromatic heterocycles. The zero-order valence-electron chi connectivity index (χ0n) is 12.5. The van der Waals surface area contributed by atoms with E-state index >= 15 is 0 Å². The van der Waals surface area contributed by atoms with E-state index in [-0.39, 0.29) is 18.4 Å². The van der Waals surface area contributed by atoms with Crippen LogP contribution in [0, 0.1) is 0 Å². The zero-order valence-corrected chi connectivity index (χ0v) is 13.3. The van der Waals surface area contributed by atoms with Crippen molar-refractivity contribution in [2.24, 2.45) is 0 Å². The maximum Gasteiger partial charge on any atom is 0.217 e. The fourth-order valence-electron chi connectivity index (χ4n) is 2.27. The zero-order chi connectivity index (χ0) is 15.5. The lowest BCUT2D eigenvalue weighted by Crippen LogP contribution is -2.52. The van der Waals surface area contributed by atoms with E-state index in [4.69, 9.17) is 10.5 Å². The standard InChI is InChI=1S/C14H23N3O3S/c1-12-11-17(7-6-16(12)2)21(18,19)9-8-20-14-5-3-4-13(15)10-14/h3-5,10,12H,6-9,11,15H2,1-2H3. The Balaban J connectivity index is 1.87. The summed E-state index contributed by atoms with van der Waals surface area (Å²) >= 11 is 0. The molecule has 1 aliphatic heterocycles. The predicted molar refractivity (Wildman–Crippen MR) is 83.8 cm³/mol. The average Bonchev–Trinajstić information content (AvgIpc) is 2.41. The van der Waals surface area contributed by atoms with Gasteiger partial charge in [-0.3, -0.25) is 0 Å². The van der Waals surface area contributed by atoms with Gasteiger partial charge in [-0.15, -0.1) is 0 Å². The van der Waals surface area contributed by atoms with Gasteiger partial charge in [-0.1, -0.05) is 6.07 Å². The van der Waals surface area contributed by atoms with Crippen LogP contribution in [0.2, 0.25) is 0 Å². The number of benzene rings is 1. The molecule has 1 aliphatic rings. The molecule has 1 aromatic carbocycles. The SMILES string of the molecule is CC1CN(S(=O)(=O)CCOc2cccc(N)c2)CCN1C. The number of ether oxygens (including phenoxy) is 1. The number of likely N-dealkylation sites (N-methyl/N-ethyl adjacent to an activating group) is 1. The van der Waals surface area contributed by atoms with Crippen molar-refractivity contribution >= 4 is 15.7 Å². The van der Waals surface area contributed by atoms with Gasteiger partial charge >= 0.3 is 0 Å². The van der Waals surface area contributed by atoms with E-state index in [1.807, 2.05) is 14.0 Å². The lowest BCUT2D eigenvalue weighted by atomic mass is 10.2. The summed E-state index contributed by atoms with van der Waals surface area (Å²) in [5.74, 6) is 0.579. The van der Waals surface area contributed by atoms with E-state index in [9.17, 15) is 8.42 Å². The van der Waals surface area contributed by atoms with Gasteiger partial charge in [-0.05, 0) is 26.1 Å². The second-order valence-electron chi connectivity index (χ2n) is 5.42. The molecule has 1 aromatic rings. The molecule has 1 atom stereocenters. The van der Waals surface area contributed by atoms with E-state index in [2.05, 4.69) is 4.90 Å². The first-order valence-corrected chi connectivity index (χ1v) is 8.66. The van der Waals surface area contributed by atoms with Gasteiger partial charge in [-0.2, -0.15) is 4.31 Å². The first-order chi connectivity index (χ1) is 9.88. The van der Waals surface area contributed by atoms with E-state index in [1.54, 1.807) is 28.6 Å². The fraction of sp³-hybridized carbons (Fsp3) is 0.571. The van der Waals surface area contributed by atoms with E-state index in [0.717, 1.165) is 6.54 Å². The molecule has 0 aliphatic carbocycles. The van der Waals surface area contributed by atoms with Crippen molar-refractivity contribution in [3.8, 4) is 5.75 Å². The Hall–Kier alpha value is -1.31. The van der Waals surface area contributed by atoms with Gasteiger partial charge in [0.25, 0.3) is 0 Å². The molecule has 2 N–H and O–H groups in total. The Labute approximate surface area is 126 Å². The van der Waals surface area contributed by atoms with E-state index in [0.29, 0.717) is 24.5 Å². The maximum absolute atomic E-state index is 12.3. The van der Waals surface area contributed by atoms with Crippen LogP contribution in [0.3, 0.4) is 0 Å². The maximum atomic E-state index is 12.3. The predicted octanol–water partition coefficient (Wildman–Crippen LogP) is 0.613. The molecule has 1 fully saturated rings. The Morgan fingerprint density at radius 1 is 1.38 bits per heavy atom. The molecular weight excluding hydrogens is 290 g/mol. The first kappa shape index (κ1) is 16.1. The van der Waals surface area contributed by atoms with Crippen LogP contribution in [0.5, 0.6) is 5.75 Å². The highest BCUT2D eigenvalue weighted by Gasteiger charge is 2.29. The third-order valence-corrected chi connectivity index (χ3v) is 5.58. The molecule has 2 rings (SSSR count). The van der Waals surface area contributed by atoms with Gasteiger partial charge in [0.05, 0.1) is 5.75 Å².